The van der Waals surface area contributed by atoms with Crippen molar-refractivity contribution >= 4 is 40.2 Å². The summed E-state index contributed by atoms with van der Waals surface area (Å²) in [5.74, 6) is 0.969. The molecule has 6 N–H and O–H groups in total. The second-order valence-electron chi connectivity index (χ2n) is 9.87. The Balaban J connectivity index is 1.55. The zero-order valence-corrected chi connectivity index (χ0v) is 23.0. The van der Waals surface area contributed by atoms with Gasteiger partial charge in [-0.1, -0.05) is 54.6 Å². The maximum atomic E-state index is 14.1. The first-order valence-corrected chi connectivity index (χ1v) is 13.1. The average Bonchev–Trinajstić information content (AvgIpc) is 2.95. The van der Waals surface area contributed by atoms with Gasteiger partial charge in [0.15, 0.2) is 17.4 Å². The standard InChI is InChI=1S/C33H32N6O/c1-19-17-27(34)32(36-21(19)3)38-29-15-9-7-12-24(29)23-11-5-6-13-25(23)31(40)26-14-8-10-16-30(26)39-33-28(35)18-20(2)22(4)37-33/h5-18H,34-35H2,1-4H3,(H,36,38)(H,37,39). The molecule has 0 spiro atoms. The number of nitrogen functional groups attached to an aromatic ring is 2. The normalized spacial score (nSPS) is 10.8. The third-order valence-corrected chi connectivity index (χ3v) is 7.06. The van der Waals surface area contributed by atoms with Crippen LogP contribution in [0.2, 0.25) is 0 Å². The zero-order valence-electron chi connectivity index (χ0n) is 23.0. The molecular weight excluding hydrogens is 496 g/mol. The number of carbonyl (C=O) groups is 1. The molecule has 7 heteroatoms. The van der Waals surface area contributed by atoms with Crippen molar-refractivity contribution in [1.29, 1.82) is 0 Å². The van der Waals surface area contributed by atoms with E-state index in [1.165, 1.54) is 0 Å². The number of nitrogens with zero attached hydrogens (tertiary/aromatic N) is 2. The van der Waals surface area contributed by atoms with Crippen molar-refractivity contribution < 1.29 is 4.79 Å². The lowest BCUT2D eigenvalue weighted by molar-refractivity contribution is 0.104. The number of ketones is 1. The summed E-state index contributed by atoms with van der Waals surface area (Å²) in [6.07, 6.45) is 0. The van der Waals surface area contributed by atoms with Crippen LogP contribution < -0.4 is 22.1 Å². The Morgan fingerprint density at radius 3 is 1.65 bits per heavy atom. The van der Waals surface area contributed by atoms with Gasteiger partial charge in [0.05, 0.1) is 17.1 Å². The van der Waals surface area contributed by atoms with Crippen LogP contribution in [0.25, 0.3) is 11.1 Å². The van der Waals surface area contributed by atoms with Gasteiger partial charge in [-0.25, -0.2) is 9.97 Å². The topological polar surface area (TPSA) is 119 Å². The van der Waals surface area contributed by atoms with E-state index in [9.17, 15) is 4.79 Å². The molecule has 200 valence electrons. The number of nitrogens with two attached hydrogens (primary N) is 2. The number of carbonyl (C=O) groups excluding carboxylic acids is 1. The van der Waals surface area contributed by atoms with E-state index in [-0.39, 0.29) is 5.78 Å². The Kier molecular flexibility index (Phi) is 7.21. The maximum Gasteiger partial charge on any atom is 0.195 e. The van der Waals surface area contributed by atoms with Crippen LogP contribution in [-0.2, 0) is 0 Å². The van der Waals surface area contributed by atoms with Crippen LogP contribution in [0.4, 0.5) is 34.4 Å². The van der Waals surface area contributed by atoms with Crippen molar-refractivity contribution in [1.82, 2.24) is 9.97 Å². The summed E-state index contributed by atoms with van der Waals surface area (Å²) in [5, 5.41) is 6.68. The summed E-state index contributed by atoms with van der Waals surface area (Å²) in [7, 11) is 0. The monoisotopic (exact) mass is 528 g/mol. The summed E-state index contributed by atoms with van der Waals surface area (Å²) in [4.78, 5) is 23.4. The summed E-state index contributed by atoms with van der Waals surface area (Å²) >= 11 is 0. The number of hydrogen-bond donors (Lipinski definition) is 4. The largest absolute Gasteiger partial charge is 0.396 e. The van der Waals surface area contributed by atoms with Gasteiger partial charge in [-0.3, -0.25) is 4.79 Å². The third kappa shape index (κ3) is 5.22. The molecule has 0 bridgehead atoms. The number of rotatable bonds is 7. The van der Waals surface area contributed by atoms with E-state index in [2.05, 4.69) is 20.6 Å². The molecule has 0 aliphatic heterocycles. The van der Waals surface area contributed by atoms with Gasteiger partial charge in [0, 0.05) is 33.8 Å². The highest BCUT2D eigenvalue weighted by Gasteiger charge is 2.20. The lowest BCUT2D eigenvalue weighted by atomic mass is 9.92. The quantitative estimate of drug-likeness (QED) is 0.164. The predicted octanol–water partition coefficient (Wildman–Crippen LogP) is 7.26. The van der Waals surface area contributed by atoms with Crippen LogP contribution in [-0.4, -0.2) is 15.8 Å². The van der Waals surface area contributed by atoms with Gasteiger partial charge in [-0.2, -0.15) is 0 Å². The molecule has 0 aliphatic rings. The number of aromatic nitrogens is 2. The highest BCUT2D eigenvalue weighted by atomic mass is 16.1. The minimum Gasteiger partial charge on any atom is -0.396 e. The highest BCUT2D eigenvalue weighted by Crippen LogP contribution is 2.36. The Labute approximate surface area is 234 Å². The molecule has 3 aromatic carbocycles. The van der Waals surface area contributed by atoms with Crippen LogP contribution in [0.15, 0.2) is 84.9 Å². The lowest BCUT2D eigenvalue weighted by Gasteiger charge is -2.17. The molecule has 2 heterocycles. The first-order chi connectivity index (χ1) is 19.2. The molecule has 5 aromatic rings. The van der Waals surface area contributed by atoms with Gasteiger partial charge in [-0.05, 0) is 74.7 Å². The SMILES string of the molecule is Cc1cc(N)c(Nc2ccccc2C(=O)c2ccccc2-c2ccccc2Nc2nc(C)c(C)cc2N)nc1C. The summed E-state index contributed by atoms with van der Waals surface area (Å²) in [6, 6.07) is 26.6. The molecule has 0 saturated heterocycles. The second-order valence-corrected chi connectivity index (χ2v) is 9.87. The second kappa shape index (κ2) is 10.9. The van der Waals surface area contributed by atoms with E-state index in [1.807, 2.05) is 113 Å². The fourth-order valence-electron chi connectivity index (χ4n) is 4.59. The summed E-state index contributed by atoms with van der Waals surface area (Å²) in [6.45, 7) is 7.83. The molecule has 0 amide bonds. The van der Waals surface area contributed by atoms with Crippen molar-refractivity contribution in [2.45, 2.75) is 27.7 Å². The summed E-state index contributed by atoms with van der Waals surface area (Å²) in [5.41, 5.74) is 21.6. The molecule has 5 rings (SSSR count). The Morgan fingerprint density at radius 2 is 1.05 bits per heavy atom. The van der Waals surface area contributed by atoms with Gasteiger partial charge < -0.3 is 22.1 Å². The maximum absolute atomic E-state index is 14.1. The smallest absolute Gasteiger partial charge is 0.195 e. The summed E-state index contributed by atoms with van der Waals surface area (Å²) < 4.78 is 0. The number of anilines is 6. The predicted molar refractivity (Wildman–Crippen MR) is 165 cm³/mol. The molecular formula is C33H32N6O. The Bertz CT molecular complexity index is 1740. The first kappa shape index (κ1) is 26.4. The minimum absolute atomic E-state index is 0.125. The van der Waals surface area contributed by atoms with Crippen LogP contribution in [0.3, 0.4) is 0 Å². The van der Waals surface area contributed by atoms with Crippen molar-refractivity contribution in [2.24, 2.45) is 0 Å². The van der Waals surface area contributed by atoms with E-state index in [4.69, 9.17) is 11.5 Å². The van der Waals surface area contributed by atoms with Gasteiger partial charge in [0.2, 0.25) is 0 Å². The van der Waals surface area contributed by atoms with Gasteiger partial charge >= 0.3 is 0 Å². The van der Waals surface area contributed by atoms with Crippen LogP contribution in [0.1, 0.15) is 38.4 Å². The number of nitrogens with one attached hydrogen (secondary N) is 2. The van der Waals surface area contributed by atoms with Crippen LogP contribution in [0.5, 0.6) is 0 Å². The van der Waals surface area contributed by atoms with Crippen LogP contribution >= 0.6 is 0 Å². The molecule has 0 unspecified atom stereocenters. The number of benzene rings is 3. The minimum atomic E-state index is -0.125. The number of hydrogen-bond acceptors (Lipinski definition) is 7. The number of para-hydroxylation sites is 2. The molecule has 0 atom stereocenters. The van der Waals surface area contributed by atoms with Gasteiger partial charge in [0.25, 0.3) is 0 Å². The molecule has 0 radical (unpaired) electrons. The van der Waals surface area contributed by atoms with E-state index in [0.717, 1.165) is 39.3 Å². The fourth-order valence-corrected chi connectivity index (χ4v) is 4.59. The van der Waals surface area contributed by atoms with E-state index in [0.29, 0.717) is 39.8 Å². The van der Waals surface area contributed by atoms with Gasteiger partial charge in [0.1, 0.15) is 0 Å². The Morgan fingerprint density at radius 1 is 0.600 bits per heavy atom. The van der Waals surface area contributed by atoms with Gasteiger partial charge in [-0.15, -0.1) is 0 Å². The highest BCUT2D eigenvalue weighted by molar-refractivity contribution is 6.16. The van der Waals surface area contributed by atoms with Crippen molar-refractivity contribution in [2.75, 3.05) is 22.1 Å². The average molecular weight is 529 g/mol. The molecule has 0 fully saturated rings. The van der Waals surface area contributed by atoms with Crippen molar-refractivity contribution in [3.8, 4) is 11.1 Å². The molecule has 40 heavy (non-hydrogen) atoms. The fraction of sp³-hybridized carbons (Fsp3) is 0.121. The van der Waals surface area contributed by atoms with Crippen molar-refractivity contribution in [3.63, 3.8) is 0 Å². The van der Waals surface area contributed by atoms with E-state index in [1.54, 1.807) is 0 Å². The zero-order chi connectivity index (χ0) is 28.4. The molecule has 2 aromatic heterocycles. The third-order valence-electron chi connectivity index (χ3n) is 7.06. The number of aryl methyl sites for hydroxylation is 4. The van der Waals surface area contributed by atoms with Crippen molar-refractivity contribution in [3.05, 3.63) is 119 Å². The van der Waals surface area contributed by atoms with Crippen LogP contribution in [0, 0.1) is 27.7 Å². The van der Waals surface area contributed by atoms with E-state index < -0.39 is 0 Å². The Hall–Kier alpha value is -5.17. The number of pyridine rings is 2. The molecule has 7 nitrogen and oxygen atoms in total. The molecule has 0 saturated carbocycles. The lowest BCUT2D eigenvalue weighted by Crippen LogP contribution is -2.09. The first-order valence-electron chi connectivity index (χ1n) is 13.1. The molecule has 0 aliphatic carbocycles. The van der Waals surface area contributed by atoms with E-state index >= 15 is 0 Å².